The topological polar surface area (TPSA) is 103 Å². The van der Waals surface area contributed by atoms with Crippen LogP contribution in [-0.2, 0) is 11.3 Å². The van der Waals surface area contributed by atoms with Crippen LogP contribution in [0.5, 0.6) is 0 Å². The van der Waals surface area contributed by atoms with Crippen LogP contribution < -0.4 is 0 Å². The SMILES string of the molecule is CC(C)n1c(C=CC(O)CC(O)CC(=O)O)c(-c2ccc(F)cc2)c(-c2ccccc2)c1C(=O)N(F)Cc1ccccc1. The minimum Gasteiger partial charge on any atom is -0.481 e. The standard InChI is InChI=1S/C34H34F2N2O5/c1-22(2)38-29(18-17-27(39)19-28(40)20-30(41)42)31(25-13-15-26(35)16-14-25)32(24-11-7-4-8-12-24)33(38)34(43)37(36)21-23-9-5-3-6-10-23/h3-18,22,27-28,39-40H,19-21H2,1-2H3,(H,41,42). The number of aliphatic hydroxyl groups is 2. The van der Waals surface area contributed by atoms with Crippen molar-refractivity contribution in [3.8, 4) is 22.3 Å². The van der Waals surface area contributed by atoms with E-state index in [2.05, 4.69) is 0 Å². The van der Waals surface area contributed by atoms with Crippen LogP contribution in [0.1, 0.15) is 54.5 Å². The van der Waals surface area contributed by atoms with Gasteiger partial charge in [0.25, 0.3) is 5.91 Å². The highest BCUT2D eigenvalue weighted by atomic mass is 19.2. The maximum atomic E-state index is 15.8. The van der Waals surface area contributed by atoms with Gasteiger partial charge in [0.1, 0.15) is 11.5 Å². The number of halogens is 2. The van der Waals surface area contributed by atoms with E-state index in [1.54, 1.807) is 77.4 Å². The normalized spacial score (nSPS) is 12.9. The van der Waals surface area contributed by atoms with Crippen molar-refractivity contribution in [1.82, 2.24) is 9.69 Å². The molecule has 0 fully saturated rings. The van der Waals surface area contributed by atoms with Gasteiger partial charge in [0.05, 0.1) is 25.2 Å². The first-order valence-electron chi connectivity index (χ1n) is 13.9. The molecule has 0 aliphatic carbocycles. The second kappa shape index (κ2) is 14.0. The average molecular weight is 589 g/mol. The van der Waals surface area contributed by atoms with Crippen molar-refractivity contribution < 1.29 is 33.8 Å². The minimum absolute atomic E-state index is 0.0685. The zero-order chi connectivity index (χ0) is 31.1. The molecule has 9 heteroatoms. The number of rotatable bonds is 12. The van der Waals surface area contributed by atoms with Gasteiger partial charge in [-0.25, -0.2) is 4.39 Å². The number of aliphatic hydroxyl groups excluding tert-OH is 2. The maximum Gasteiger partial charge on any atom is 0.305 e. The smallest absolute Gasteiger partial charge is 0.305 e. The molecule has 1 heterocycles. The summed E-state index contributed by atoms with van der Waals surface area (Å²) in [6.07, 6.45) is -0.295. The summed E-state index contributed by atoms with van der Waals surface area (Å²) in [7, 11) is 0. The van der Waals surface area contributed by atoms with Gasteiger partial charge in [-0.05, 0) is 48.7 Å². The molecule has 2 atom stereocenters. The molecular weight excluding hydrogens is 554 g/mol. The monoisotopic (exact) mass is 588 g/mol. The molecule has 224 valence electrons. The van der Waals surface area contributed by atoms with Crippen LogP contribution in [0, 0.1) is 5.82 Å². The Labute approximate surface area is 248 Å². The Hall–Kier alpha value is -4.60. The number of amides is 1. The summed E-state index contributed by atoms with van der Waals surface area (Å²) in [6.45, 7) is 3.39. The van der Waals surface area contributed by atoms with Gasteiger partial charge in [0.15, 0.2) is 0 Å². The van der Waals surface area contributed by atoms with E-state index in [1.165, 1.54) is 18.2 Å². The van der Waals surface area contributed by atoms with Gasteiger partial charge in [-0.2, -0.15) is 5.12 Å². The highest BCUT2D eigenvalue weighted by Crippen LogP contribution is 2.43. The Bertz CT molecular complexity index is 1570. The van der Waals surface area contributed by atoms with Gasteiger partial charge in [-0.1, -0.05) is 83.4 Å². The van der Waals surface area contributed by atoms with Crippen molar-refractivity contribution in [2.75, 3.05) is 0 Å². The zero-order valence-electron chi connectivity index (χ0n) is 23.9. The third-order valence-electron chi connectivity index (χ3n) is 6.94. The molecule has 43 heavy (non-hydrogen) atoms. The van der Waals surface area contributed by atoms with Gasteiger partial charge in [-0.3, -0.25) is 9.59 Å². The number of carbonyl (C=O) groups is 2. The van der Waals surface area contributed by atoms with Crippen molar-refractivity contribution in [2.45, 2.75) is 51.5 Å². The third kappa shape index (κ3) is 7.63. The first kappa shape index (κ1) is 31.3. The van der Waals surface area contributed by atoms with E-state index in [-0.39, 0.29) is 29.8 Å². The number of hydrogen-bond donors (Lipinski definition) is 3. The lowest BCUT2D eigenvalue weighted by Gasteiger charge is -2.19. The van der Waals surface area contributed by atoms with Crippen molar-refractivity contribution >= 4 is 18.0 Å². The van der Waals surface area contributed by atoms with E-state index >= 15 is 4.48 Å². The number of aromatic nitrogens is 1. The Morgan fingerprint density at radius 1 is 0.884 bits per heavy atom. The first-order valence-corrected chi connectivity index (χ1v) is 13.9. The fourth-order valence-corrected chi connectivity index (χ4v) is 5.09. The summed E-state index contributed by atoms with van der Waals surface area (Å²) in [6, 6.07) is 23.1. The first-order chi connectivity index (χ1) is 20.6. The summed E-state index contributed by atoms with van der Waals surface area (Å²) in [5.41, 5.74) is 3.26. The molecule has 4 rings (SSSR count). The number of carboxylic acid groups (broad SMARTS) is 1. The summed E-state index contributed by atoms with van der Waals surface area (Å²) >= 11 is 0. The predicted octanol–water partition coefficient (Wildman–Crippen LogP) is 6.67. The molecule has 0 spiro atoms. The number of nitrogens with zero attached hydrogens (tertiary/aromatic N) is 2. The highest BCUT2D eigenvalue weighted by Gasteiger charge is 2.32. The molecule has 3 N–H and O–H groups in total. The van der Waals surface area contributed by atoms with E-state index in [4.69, 9.17) is 5.11 Å². The quantitative estimate of drug-likeness (QED) is 0.161. The lowest BCUT2D eigenvalue weighted by atomic mass is 9.94. The van der Waals surface area contributed by atoms with Gasteiger partial charge in [0, 0.05) is 29.3 Å². The van der Waals surface area contributed by atoms with Crippen LogP contribution in [-0.4, -0.2) is 49.1 Å². The average Bonchev–Trinajstić information content (AvgIpc) is 3.32. The molecule has 4 aromatic rings. The summed E-state index contributed by atoms with van der Waals surface area (Å²) in [5, 5.41) is 29.8. The number of carbonyl (C=O) groups excluding carboxylic acids is 1. The highest BCUT2D eigenvalue weighted by molar-refractivity contribution is 6.06. The van der Waals surface area contributed by atoms with E-state index in [0.717, 1.165) is 0 Å². The molecule has 0 aliphatic heterocycles. The van der Waals surface area contributed by atoms with Gasteiger partial charge < -0.3 is 19.9 Å². The van der Waals surface area contributed by atoms with Crippen LogP contribution in [0.4, 0.5) is 8.87 Å². The number of benzene rings is 3. The zero-order valence-corrected chi connectivity index (χ0v) is 23.9. The molecule has 3 aromatic carbocycles. The van der Waals surface area contributed by atoms with Crippen LogP contribution in [0.25, 0.3) is 28.3 Å². The van der Waals surface area contributed by atoms with Crippen molar-refractivity contribution in [3.05, 3.63) is 114 Å². The number of aliphatic carboxylic acids is 1. The lowest BCUT2D eigenvalue weighted by Crippen LogP contribution is -2.26. The number of carboxylic acids is 1. The van der Waals surface area contributed by atoms with Gasteiger partial charge >= 0.3 is 5.97 Å². The molecule has 1 amide bonds. The fraction of sp³-hybridized carbons (Fsp3) is 0.235. The van der Waals surface area contributed by atoms with Crippen molar-refractivity contribution in [1.29, 1.82) is 0 Å². The molecule has 0 radical (unpaired) electrons. The molecule has 0 aliphatic rings. The van der Waals surface area contributed by atoms with Crippen LogP contribution in [0.3, 0.4) is 0 Å². The second-order valence-corrected chi connectivity index (χ2v) is 10.5. The van der Waals surface area contributed by atoms with E-state index in [1.807, 2.05) is 19.9 Å². The Morgan fingerprint density at radius 3 is 2.05 bits per heavy atom. The number of hydrogen-bond acceptors (Lipinski definition) is 4. The fourth-order valence-electron chi connectivity index (χ4n) is 5.09. The molecule has 0 bridgehead atoms. The van der Waals surface area contributed by atoms with Gasteiger partial charge in [0.2, 0.25) is 0 Å². The minimum atomic E-state index is -1.28. The van der Waals surface area contributed by atoms with Gasteiger partial charge in [-0.15, -0.1) is 0 Å². The summed E-state index contributed by atoms with van der Waals surface area (Å²) in [4.78, 5) is 25.0. The maximum absolute atomic E-state index is 15.8. The summed E-state index contributed by atoms with van der Waals surface area (Å²) in [5.74, 6) is -2.53. The molecular formula is C34H34F2N2O5. The Morgan fingerprint density at radius 2 is 1.47 bits per heavy atom. The molecule has 7 nitrogen and oxygen atoms in total. The molecule has 1 aromatic heterocycles. The predicted molar refractivity (Wildman–Crippen MR) is 161 cm³/mol. The van der Waals surface area contributed by atoms with Crippen molar-refractivity contribution in [3.63, 3.8) is 0 Å². The Kier molecular flexibility index (Phi) is 10.2. The Balaban J connectivity index is 1.95. The lowest BCUT2D eigenvalue weighted by molar-refractivity contribution is -0.139. The molecule has 0 saturated carbocycles. The van der Waals surface area contributed by atoms with Crippen LogP contribution >= 0.6 is 0 Å². The van der Waals surface area contributed by atoms with E-state index < -0.39 is 36.3 Å². The van der Waals surface area contributed by atoms with Crippen LogP contribution in [0.2, 0.25) is 0 Å². The summed E-state index contributed by atoms with van der Waals surface area (Å²) < 4.78 is 31.4. The van der Waals surface area contributed by atoms with E-state index in [9.17, 15) is 24.2 Å². The van der Waals surface area contributed by atoms with Crippen LogP contribution in [0.15, 0.2) is 91.0 Å². The molecule has 0 saturated heterocycles. The van der Waals surface area contributed by atoms with Crippen molar-refractivity contribution in [2.24, 2.45) is 0 Å². The third-order valence-corrected chi connectivity index (χ3v) is 6.94. The molecule has 2 unspecified atom stereocenters. The second-order valence-electron chi connectivity index (χ2n) is 10.5. The largest absolute Gasteiger partial charge is 0.481 e. The van der Waals surface area contributed by atoms with E-state index in [0.29, 0.717) is 33.5 Å².